The van der Waals surface area contributed by atoms with Gasteiger partial charge in [0.1, 0.15) is 5.75 Å². The van der Waals surface area contributed by atoms with Crippen molar-refractivity contribution in [3.05, 3.63) is 77.0 Å². The Kier molecular flexibility index (Phi) is 5.12. The minimum Gasteiger partial charge on any atom is -0.497 e. The third-order valence-corrected chi connectivity index (χ3v) is 4.82. The molecule has 0 spiro atoms. The van der Waals surface area contributed by atoms with E-state index in [1.165, 1.54) is 5.56 Å². The number of benzene rings is 2. The van der Waals surface area contributed by atoms with Gasteiger partial charge in [0.05, 0.1) is 18.4 Å². The highest BCUT2D eigenvalue weighted by Crippen LogP contribution is 2.31. The van der Waals surface area contributed by atoms with E-state index in [2.05, 4.69) is 22.8 Å². The molecule has 4 nitrogen and oxygen atoms in total. The molecule has 1 heterocycles. The van der Waals surface area contributed by atoms with E-state index < -0.39 is 0 Å². The molecule has 0 unspecified atom stereocenters. The number of rotatable bonds is 6. The number of carbonyl (C=O) groups is 1. The van der Waals surface area contributed by atoms with E-state index in [1.54, 1.807) is 7.11 Å². The van der Waals surface area contributed by atoms with Crippen LogP contribution in [0.1, 0.15) is 27.2 Å². The summed E-state index contributed by atoms with van der Waals surface area (Å²) in [5.41, 5.74) is 11.5. The molecule has 2 aromatic carbocycles. The first-order chi connectivity index (χ1) is 12.5. The van der Waals surface area contributed by atoms with Gasteiger partial charge >= 0.3 is 0 Å². The van der Waals surface area contributed by atoms with Crippen LogP contribution in [0.4, 0.5) is 0 Å². The lowest BCUT2D eigenvalue weighted by atomic mass is 10.0. The van der Waals surface area contributed by atoms with Crippen molar-refractivity contribution in [2.45, 2.75) is 26.8 Å². The third-order valence-electron chi connectivity index (χ3n) is 4.82. The number of amides is 1. The predicted molar refractivity (Wildman–Crippen MR) is 105 cm³/mol. The zero-order chi connectivity index (χ0) is 18.7. The van der Waals surface area contributed by atoms with Crippen LogP contribution in [0.3, 0.4) is 0 Å². The Morgan fingerprint density at radius 1 is 1.08 bits per heavy atom. The fourth-order valence-corrected chi connectivity index (χ4v) is 3.57. The molecule has 1 amide bonds. The molecule has 4 heteroatoms. The van der Waals surface area contributed by atoms with Crippen molar-refractivity contribution in [2.24, 2.45) is 5.73 Å². The summed E-state index contributed by atoms with van der Waals surface area (Å²) < 4.78 is 7.51. The maximum Gasteiger partial charge on any atom is 0.250 e. The van der Waals surface area contributed by atoms with E-state index in [-0.39, 0.29) is 5.91 Å². The number of carbonyl (C=O) groups excluding carboxylic acids is 1. The minimum atomic E-state index is -0.377. The number of hydrogen-bond acceptors (Lipinski definition) is 2. The number of nitrogens with two attached hydrogens (primary N) is 1. The van der Waals surface area contributed by atoms with E-state index in [4.69, 9.17) is 10.5 Å². The molecule has 0 aliphatic carbocycles. The Bertz CT molecular complexity index is 927. The van der Waals surface area contributed by atoms with Gasteiger partial charge in [-0.25, -0.2) is 0 Å². The third kappa shape index (κ3) is 3.36. The first-order valence-corrected chi connectivity index (χ1v) is 8.70. The van der Waals surface area contributed by atoms with Crippen molar-refractivity contribution in [3.63, 3.8) is 0 Å². The molecule has 0 aliphatic heterocycles. The molecule has 0 saturated carbocycles. The molecule has 0 aliphatic rings. The highest BCUT2D eigenvalue weighted by molar-refractivity contribution is 5.97. The highest BCUT2D eigenvalue weighted by Gasteiger charge is 2.21. The van der Waals surface area contributed by atoms with Crippen molar-refractivity contribution in [2.75, 3.05) is 7.11 Å². The van der Waals surface area contributed by atoms with Crippen LogP contribution in [0.15, 0.2) is 54.6 Å². The van der Waals surface area contributed by atoms with Crippen molar-refractivity contribution in [1.29, 1.82) is 0 Å². The maximum absolute atomic E-state index is 12.0. The van der Waals surface area contributed by atoms with Crippen LogP contribution in [0.5, 0.6) is 5.75 Å². The van der Waals surface area contributed by atoms with Gasteiger partial charge in [-0.1, -0.05) is 42.5 Å². The summed E-state index contributed by atoms with van der Waals surface area (Å²) in [5, 5.41) is 0. The first kappa shape index (κ1) is 17.8. The summed E-state index contributed by atoms with van der Waals surface area (Å²) in [6.07, 6.45) is 0.837. The van der Waals surface area contributed by atoms with Crippen LogP contribution >= 0.6 is 0 Å². The van der Waals surface area contributed by atoms with Gasteiger partial charge in [0, 0.05) is 12.2 Å². The van der Waals surface area contributed by atoms with Gasteiger partial charge in [-0.15, -0.1) is 0 Å². The Balaban J connectivity index is 2.02. The van der Waals surface area contributed by atoms with E-state index in [0.29, 0.717) is 5.56 Å². The summed E-state index contributed by atoms with van der Waals surface area (Å²) in [6, 6.07) is 18.2. The van der Waals surface area contributed by atoms with E-state index in [1.807, 2.05) is 50.2 Å². The van der Waals surface area contributed by atoms with Crippen LogP contribution in [-0.2, 0) is 13.0 Å². The Hall–Kier alpha value is -3.01. The van der Waals surface area contributed by atoms with Crippen LogP contribution < -0.4 is 10.5 Å². The van der Waals surface area contributed by atoms with Gasteiger partial charge in [-0.2, -0.15) is 0 Å². The van der Waals surface area contributed by atoms with Gasteiger partial charge in [-0.3, -0.25) is 4.79 Å². The second-order valence-electron chi connectivity index (χ2n) is 6.42. The molecule has 1 aromatic heterocycles. The van der Waals surface area contributed by atoms with Crippen LogP contribution in [0.2, 0.25) is 0 Å². The van der Waals surface area contributed by atoms with Gasteiger partial charge in [0.2, 0.25) is 0 Å². The van der Waals surface area contributed by atoms with E-state index in [0.717, 1.165) is 41.2 Å². The molecule has 0 bridgehead atoms. The van der Waals surface area contributed by atoms with Crippen LogP contribution in [0, 0.1) is 13.8 Å². The van der Waals surface area contributed by atoms with Crippen LogP contribution in [-0.4, -0.2) is 17.6 Å². The highest BCUT2D eigenvalue weighted by atomic mass is 16.5. The van der Waals surface area contributed by atoms with Crippen LogP contribution in [0.25, 0.3) is 11.3 Å². The SMILES string of the molecule is COc1cccc(CCn2c(C)c(C(N)=O)c(C)c2-c2ccccc2)c1. The Morgan fingerprint density at radius 2 is 1.81 bits per heavy atom. The Morgan fingerprint density at radius 3 is 2.46 bits per heavy atom. The largest absolute Gasteiger partial charge is 0.497 e. The molecule has 0 radical (unpaired) electrons. The average molecular weight is 348 g/mol. The quantitative estimate of drug-likeness (QED) is 0.728. The van der Waals surface area contributed by atoms with E-state index in [9.17, 15) is 4.79 Å². The summed E-state index contributed by atoms with van der Waals surface area (Å²) in [6.45, 7) is 4.69. The fourth-order valence-electron chi connectivity index (χ4n) is 3.57. The zero-order valence-electron chi connectivity index (χ0n) is 15.5. The fraction of sp³-hybridized carbons (Fsp3) is 0.227. The molecular formula is C22H24N2O2. The molecule has 0 fully saturated rings. The van der Waals surface area contributed by atoms with Crippen molar-refractivity contribution < 1.29 is 9.53 Å². The normalized spacial score (nSPS) is 10.7. The summed E-state index contributed by atoms with van der Waals surface area (Å²) in [5.74, 6) is 0.473. The number of nitrogens with zero attached hydrogens (tertiary/aromatic N) is 1. The monoisotopic (exact) mass is 348 g/mol. The number of methoxy groups -OCH3 is 1. The second kappa shape index (κ2) is 7.48. The number of hydrogen-bond donors (Lipinski definition) is 1. The summed E-state index contributed by atoms with van der Waals surface area (Å²) in [4.78, 5) is 12.0. The van der Waals surface area contributed by atoms with Gasteiger partial charge in [0.25, 0.3) is 5.91 Å². The molecule has 0 saturated heterocycles. The minimum absolute atomic E-state index is 0.377. The number of aromatic nitrogens is 1. The number of primary amides is 1. The lowest BCUT2D eigenvalue weighted by Crippen LogP contribution is -2.13. The van der Waals surface area contributed by atoms with Crippen molar-refractivity contribution in [3.8, 4) is 17.0 Å². The summed E-state index contributed by atoms with van der Waals surface area (Å²) >= 11 is 0. The molecule has 3 rings (SSSR count). The molecule has 0 atom stereocenters. The van der Waals surface area contributed by atoms with E-state index >= 15 is 0 Å². The smallest absolute Gasteiger partial charge is 0.250 e. The molecule has 2 N–H and O–H groups in total. The average Bonchev–Trinajstić information content (AvgIpc) is 2.90. The Labute approximate surface area is 154 Å². The number of aryl methyl sites for hydroxylation is 1. The van der Waals surface area contributed by atoms with Gasteiger partial charge in [0.15, 0.2) is 0 Å². The first-order valence-electron chi connectivity index (χ1n) is 8.70. The molecule has 3 aromatic rings. The topological polar surface area (TPSA) is 57.2 Å². The number of ether oxygens (including phenoxy) is 1. The lowest BCUT2D eigenvalue weighted by molar-refractivity contribution is 0.0999. The molecule has 134 valence electrons. The zero-order valence-corrected chi connectivity index (χ0v) is 15.5. The molecular weight excluding hydrogens is 324 g/mol. The van der Waals surface area contributed by atoms with Gasteiger partial charge in [-0.05, 0) is 49.1 Å². The standard InChI is InChI=1S/C22H24N2O2/c1-15-20(22(23)25)16(2)24(21(15)18-9-5-4-6-10-18)13-12-17-8-7-11-19(14-17)26-3/h4-11,14H,12-13H2,1-3H3,(H2,23,25). The van der Waals surface area contributed by atoms with Crippen molar-refractivity contribution in [1.82, 2.24) is 4.57 Å². The molecule has 26 heavy (non-hydrogen) atoms. The predicted octanol–water partition coefficient (Wildman–Crippen LogP) is 4.12. The van der Waals surface area contributed by atoms with Gasteiger partial charge < -0.3 is 15.0 Å². The lowest BCUT2D eigenvalue weighted by Gasteiger charge is -2.13. The second-order valence-corrected chi connectivity index (χ2v) is 6.42. The maximum atomic E-state index is 12.0. The van der Waals surface area contributed by atoms with Crippen molar-refractivity contribution >= 4 is 5.91 Å². The summed E-state index contributed by atoms with van der Waals surface area (Å²) in [7, 11) is 1.67.